The molecule has 0 spiro atoms. The van der Waals surface area contributed by atoms with Gasteiger partial charge in [-0.1, -0.05) is 6.92 Å². The van der Waals surface area contributed by atoms with E-state index in [4.69, 9.17) is 4.74 Å². The Balaban J connectivity index is 2.36. The van der Waals surface area contributed by atoms with Gasteiger partial charge in [0.1, 0.15) is 5.75 Å². The first kappa shape index (κ1) is 15.9. The first-order chi connectivity index (χ1) is 10.0. The molecule has 21 heavy (non-hydrogen) atoms. The molecule has 1 N–H and O–H groups in total. The van der Waals surface area contributed by atoms with Crippen LogP contribution in [-0.4, -0.2) is 22.6 Å². The number of aryl methyl sites for hydroxylation is 2. The number of nitrogens with zero attached hydrogens (tertiary/aromatic N) is 2. The number of ether oxygens (including phenoxy) is 1. The third-order valence-electron chi connectivity index (χ3n) is 3.05. The summed E-state index contributed by atoms with van der Waals surface area (Å²) in [4.78, 5) is 10.1. The van der Waals surface area contributed by atoms with E-state index in [0.717, 1.165) is 28.6 Å². The summed E-state index contributed by atoms with van der Waals surface area (Å²) in [6, 6.07) is 2.18. The van der Waals surface area contributed by atoms with Crippen LogP contribution in [0.4, 0.5) is 0 Å². The van der Waals surface area contributed by atoms with Gasteiger partial charge in [0.25, 0.3) is 0 Å². The van der Waals surface area contributed by atoms with Gasteiger partial charge in [0.05, 0.1) is 29.0 Å². The molecule has 1 unspecified atom stereocenters. The van der Waals surface area contributed by atoms with Crippen molar-refractivity contribution in [2.45, 2.75) is 46.8 Å². The lowest BCUT2D eigenvalue weighted by molar-refractivity contribution is 0.241. The number of nitrogens with one attached hydrogen (secondary N) is 1. The van der Waals surface area contributed by atoms with Gasteiger partial charge in [0.2, 0.25) is 0 Å². The normalized spacial score (nSPS) is 12.7. The Morgan fingerprint density at radius 3 is 2.62 bits per heavy atom. The van der Waals surface area contributed by atoms with Crippen molar-refractivity contribution >= 4 is 11.3 Å². The van der Waals surface area contributed by atoms with Gasteiger partial charge < -0.3 is 10.1 Å². The van der Waals surface area contributed by atoms with Crippen LogP contribution < -0.4 is 10.1 Å². The largest absolute Gasteiger partial charge is 0.489 e. The van der Waals surface area contributed by atoms with Gasteiger partial charge in [-0.2, -0.15) is 0 Å². The van der Waals surface area contributed by atoms with Crippen LogP contribution in [0.15, 0.2) is 18.5 Å². The first-order valence-corrected chi connectivity index (χ1v) is 8.11. The third kappa shape index (κ3) is 4.02. The topological polar surface area (TPSA) is 47.0 Å². The number of aromatic nitrogens is 2. The number of thiazole rings is 1. The molecule has 0 aromatic carbocycles. The molecule has 2 heterocycles. The lowest BCUT2D eigenvalue weighted by Crippen LogP contribution is -2.22. The molecule has 0 saturated carbocycles. The summed E-state index contributed by atoms with van der Waals surface area (Å²) in [7, 11) is 0. The van der Waals surface area contributed by atoms with E-state index in [-0.39, 0.29) is 12.1 Å². The van der Waals surface area contributed by atoms with Crippen molar-refractivity contribution in [3.63, 3.8) is 0 Å². The second kappa shape index (κ2) is 7.00. The van der Waals surface area contributed by atoms with E-state index < -0.39 is 0 Å². The summed E-state index contributed by atoms with van der Waals surface area (Å²) in [5.74, 6) is 0.810. The van der Waals surface area contributed by atoms with Crippen LogP contribution >= 0.6 is 11.3 Å². The smallest absolute Gasteiger partial charge is 0.138 e. The van der Waals surface area contributed by atoms with Gasteiger partial charge in [-0.25, -0.2) is 4.98 Å². The molecule has 0 saturated heterocycles. The lowest BCUT2D eigenvalue weighted by atomic mass is 10.1. The van der Waals surface area contributed by atoms with Crippen LogP contribution in [0.2, 0.25) is 0 Å². The first-order valence-electron chi connectivity index (χ1n) is 7.30. The Hall–Kier alpha value is -1.46. The third-order valence-corrected chi connectivity index (χ3v) is 4.19. The summed E-state index contributed by atoms with van der Waals surface area (Å²) in [5.41, 5.74) is 2.19. The van der Waals surface area contributed by atoms with Crippen LogP contribution in [0.25, 0.3) is 0 Å². The number of hydrogen-bond acceptors (Lipinski definition) is 5. The highest BCUT2D eigenvalue weighted by molar-refractivity contribution is 7.11. The van der Waals surface area contributed by atoms with Gasteiger partial charge in [-0.05, 0) is 45.9 Å². The summed E-state index contributed by atoms with van der Waals surface area (Å²) in [6.07, 6.45) is 3.80. The molecular formula is C16H23N3OS. The molecule has 0 amide bonds. The Kier molecular flexibility index (Phi) is 5.31. The Morgan fingerprint density at radius 2 is 2.05 bits per heavy atom. The van der Waals surface area contributed by atoms with Crippen LogP contribution in [0.1, 0.15) is 48.0 Å². The van der Waals surface area contributed by atoms with Crippen molar-refractivity contribution in [3.05, 3.63) is 39.6 Å². The quantitative estimate of drug-likeness (QED) is 0.885. The zero-order valence-electron chi connectivity index (χ0n) is 13.3. The van der Waals surface area contributed by atoms with E-state index in [9.17, 15) is 0 Å². The van der Waals surface area contributed by atoms with Gasteiger partial charge in [-0.15, -0.1) is 11.3 Å². The van der Waals surface area contributed by atoms with Crippen molar-refractivity contribution in [2.24, 2.45) is 0 Å². The molecule has 114 valence electrons. The highest BCUT2D eigenvalue weighted by Gasteiger charge is 2.19. The van der Waals surface area contributed by atoms with Gasteiger partial charge in [0, 0.05) is 11.1 Å². The number of hydrogen-bond donors (Lipinski definition) is 1. The summed E-state index contributed by atoms with van der Waals surface area (Å²) in [5, 5.41) is 4.62. The molecular weight excluding hydrogens is 282 g/mol. The van der Waals surface area contributed by atoms with Crippen molar-refractivity contribution < 1.29 is 4.74 Å². The average molecular weight is 305 g/mol. The fourth-order valence-electron chi connectivity index (χ4n) is 2.31. The Bertz CT molecular complexity index is 595. The molecule has 0 aliphatic rings. The van der Waals surface area contributed by atoms with E-state index in [0.29, 0.717) is 0 Å². The number of rotatable bonds is 6. The molecule has 4 nitrogen and oxygen atoms in total. The maximum absolute atomic E-state index is 5.75. The summed E-state index contributed by atoms with van der Waals surface area (Å²) >= 11 is 1.73. The Morgan fingerprint density at radius 1 is 1.29 bits per heavy atom. The maximum Gasteiger partial charge on any atom is 0.138 e. The fourth-order valence-corrected chi connectivity index (χ4v) is 3.34. The highest BCUT2D eigenvalue weighted by atomic mass is 32.1. The van der Waals surface area contributed by atoms with E-state index in [1.807, 2.05) is 27.0 Å². The predicted octanol–water partition coefficient (Wildman–Crippen LogP) is 3.64. The summed E-state index contributed by atoms with van der Waals surface area (Å²) in [6.45, 7) is 11.1. The zero-order valence-corrected chi connectivity index (χ0v) is 14.1. The molecule has 0 aliphatic heterocycles. The second-order valence-electron chi connectivity index (χ2n) is 5.29. The molecule has 2 rings (SSSR count). The minimum absolute atomic E-state index is 0.115. The van der Waals surface area contributed by atoms with Crippen LogP contribution in [0.5, 0.6) is 5.75 Å². The van der Waals surface area contributed by atoms with E-state index in [1.54, 1.807) is 17.5 Å². The van der Waals surface area contributed by atoms with Crippen LogP contribution in [0.3, 0.4) is 0 Å². The monoisotopic (exact) mass is 305 g/mol. The molecule has 5 heteroatoms. The minimum Gasteiger partial charge on any atom is -0.489 e. The van der Waals surface area contributed by atoms with Gasteiger partial charge in [0.15, 0.2) is 0 Å². The van der Waals surface area contributed by atoms with E-state index in [1.165, 1.54) is 4.88 Å². The van der Waals surface area contributed by atoms with E-state index in [2.05, 4.69) is 35.2 Å². The fraction of sp³-hybridized carbons (Fsp3) is 0.500. The highest BCUT2D eigenvalue weighted by Crippen LogP contribution is 2.31. The van der Waals surface area contributed by atoms with Crippen LogP contribution in [-0.2, 0) is 0 Å². The molecule has 0 fully saturated rings. The summed E-state index contributed by atoms with van der Waals surface area (Å²) < 4.78 is 5.75. The standard InChI is InChI=1S/C16H23N3OS/c1-6-18-15(16-11(4)19-12(5)21-16)13-7-14(9-17-8-13)20-10(2)3/h7-10,15,18H,6H2,1-5H3. The minimum atomic E-state index is 0.115. The Labute approximate surface area is 130 Å². The molecule has 2 aromatic heterocycles. The molecule has 0 radical (unpaired) electrons. The SMILES string of the molecule is CCNC(c1cncc(OC(C)C)c1)c1sc(C)nc1C. The van der Waals surface area contributed by atoms with Crippen molar-refractivity contribution in [2.75, 3.05) is 6.54 Å². The van der Waals surface area contributed by atoms with Gasteiger partial charge >= 0.3 is 0 Å². The average Bonchev–Trinajstić information content (AvgIpc) is 2.74. The van der Waals surface area contributed by atoms with Crippen molar-refractivity contribution in [1.29, 1.82) is 0 Å². The molecule has 0 aliphatic carbocycles. The number of pyridine rings is 1. The van der Waals surface area contributed by atoms with E-state index >= 15 is 0 Å². The van der Waals surface area contributed by atoms with Gasteiger partial charge in [-0.3, -0.25) is 4.98 Å². The predicted molar refractivity (Wildman–Crippen MR) is 87.1 cm³/mol. The second-order valence-corrected chi connectivity index (χ2v) is 6.53. The molecule has 1 atom stereocenters. The van der Waals surface area contributed by atoms with Crippen LogP contribution in [0, 0.1) is 13.8 Å². The van der Waals surface area contributed by atoms with Crippen molar-refractivity contribution in [1.82, 2.24) is 15.3 Å². The zero-order chi connectivity index (χ0) is 15.4. The van der Waals surface area contributed by atoms with Crippen molar-refractivity contribution in [3.8, 4) is 5.75 Å². The molecule has 2 aromatic rings. The molecule has 0 bridgehead atoms. The maximum atomic E-state index is 5.75. The lowest BCUT2D eigenvalue weighted by Gasteiger charge is -2.18.